The Hall–Kier alpha value is -3.03. The van der Waals surface area contributed by atoms with E-state index in [1.165, 1.54) is 24.5 Å². The van der Waals surface area contributed by atoms with Gasteiger partial charge in [-0.1, -0.05) is 12.1 Å². The highest BCUT2D eigenvalue weighted by Crippen LogP contribution is 2.42. The van der Waals surface area contributed by atoms with Crippen LogP contribution in [0.2, 0.25) is 0 Å². The zero-order valence-electron chi connectivity index (χ0n) is 21.1. The van der Waals surface area contributed by atoms with E-state index >= 15 is 0 Å². The smallest absolute Gasteiger partial charge is 0.416 e. The number of ether oxygens (including phenoxy) is 1. The molecule has 0 radical (unpaired) electrons. The van der Waals surface area contributed by atoms with E-state index in [-0.39, 0.29) is 35.5 Å². The van der Waals surface area contributed by atoms with Crippen LogP contribution in [0.3, 0.4) is 0 Å². The molecule has 0 aromatic heterocycles. The first-order valence-electron chi connectivity index (χ1n) is 11.6. The molecule has 13 heteroatoms. The molecule has 0 spiro atoms. The van der Waals surface area contributed by atoms with E-state index in [0.29, 0.717) is 6.07 Å². The predicted molar refractivity (Wildman–Crippen MR) is 138 cm³/mol. The van der Waals surface area contributed by atoms with Gasteiger partial charge in [0.1, 0.15) is 23.5 Å². The lowest BCUT2D eigenvalue weighted by atomic mass is 9.97. The Kier molecular flexibility index (Phi) is 7.80. The molecule has 0 fully saturated rings. The molecule has 0 saturated carbocycles. The van der Waals surface area contributed by atoms with Crippen LogP contribution < -0.4 is 13.8 Å². The van der Waals surface area contributed by atoms with E-state index in [1.54, 1.807) is 13.8 Å². The van der Waals surface area contributed by atoms with Crippen molar-refractivity contribution in [3.05, 3.63) is 77.9 Å². The summed E-state index contributed by atoms with van der Waals surface area (Å²) in [4.78, 5) is -0.599. The first-order valence-corrected chi connectivity index (χ1v) is 14.6. The van der Waals surface area contributed by atoms with Crippen LogP contribution in [0.15, 0.2) is 65.6 Å². The van der Waals surface area contributed by atoms with E-state index in [4.69, 9.17) is 4.74 Å². The molecular weight excluding hydrogens is 563 g/mol. The summed E-state index contributed by atoms with van der Waals surface area (Å²) in [6.07, 6.45) is -3.94. The van der Waals surface area contributed by atoms with E-state index in [0.717, 1.165) is 40.7 Å². The Morgan fingerprint density at radius 2 is 1.77 bits per heavy atom. The van der Waals surface area contributed by atoms with Gasteiger partial charge in [0.25, 0.3) is 10.0 Å². The summed E-state index contributed by atoms with van der Waals surface area (Å²) in [5.74, 6) is -1.38. The lowest BCUT2D eigenvalue weighted by Crippen LogP contribution is -2.50. The molecule has 4 rings (SSSR count). The summed E-state index contributed by atoms with van der Waals surface area (Å²) < 4.78 is 118. The van der Waals surface area contributed by atoms with Crippen LogP contribution in [0, 0.1) is 11.6 Å². The van der Waals surface area contributed by atoms with Gasteiger partial charge in [-0.3, -0.25) is 4.31 Å². The Labute approximate surface area is 225 Å². The third-order valence-corrected chi connectivity index (χ3v) is 8.65. The fraction of sp³-hybridized carbons (Fsp3) is 0.308. The van der Waals surface area contributed by atoms with Gasteiger partial charge in [0.2, 0.25) is 0 Å². The van der Waals surface area contributed by atoms with E-state index < -0.39 is 60.9 Å². The number of rotatable bonds is 7. The van der Waals surface area contributed by atoms with Gasteiger partial charge >= 0.3 is 6.18 Å². The lowest BCUT2D eigenvalue weighted by molar-refractivity contribution is -0.137. The Morgan fingerprint density at radius 1 is 1.05 bits per heavy atom. The zero-order valence-corrected chi connectivity index (χ0v) is 22.7. The number of nitrogens with one attached hydrogen (secondary N) is 1. The minimum absolute atomic E-state index is 0.0466. The van der Waals surface area contributed by atoms with Crippen LogP contribution in [0.25, 0.3) is 11.1 Å². The first kappa shape index (κ1) is 29.0. The van der Waals surface area contributed by atoms with E-state index in [9.17, 15) is 34.6 Å². The number of hydrogen-bond acceptors (Lipinski definition) is 4. The average Bonchev–Trinajstić information content (AvgIpc) is 2.83. The second-order valence-electron chi connectivity index (χ2n) is 9.75. The monoisotopic (exact) mass is 588 g/mol. The lowest BCUT2D eigenvalue weighted by Gasteiger charge is -2.38. The van der Waals surface area contributed by atoms with Gasteiger partial charge in [0.05, 0.1) is 33.7 Å². The molecule has 1 heterocycles. The molecule has 0 bridgehead atoms. The molecule has 2 atom stereocenters. The third-order valence-electron chi connectivity index (χ3n) is 6.04. The van der Waals surface area contributed by atoms with Gasteiger partial charge in [-0.2, -0.15) is 13.2 Å². The number of fused-ring (bicyclic) bond motifs is 1. The van der Waals surface area contributed by atoms with Crippen LogP contribution in [-0.4, -0.2) is 37.1 Å². The predicted octanol–water partition coefficient (Wildman–Crippen LogP) is 5.66. The Balaban J connectivity index is 1.83. The second kappa shape index (κ2) is 10.5. The zero-order chi connectivity index (χ0) is 28.8. The van der Waals surface area contributed by atoms with Crippen molar-refractivity contribution in [1.82, 2.24) is 4.72 Å². The average molecular weight is 589 g/mol. The number of sulfonamides is 1. The summed E-state index contributed by atoms with van der Waals surface area (Å²) in [6.45, 7) is 3.19. The molecule has 1 aliphatic heterocycles. The minimum Gasteiger partial charge on any atom is -0.486 e. The second-order valence-corrected chi connectivity index (χ2v) is 12.7. The van der Waals surface area contributed by atoms with Gasteiger partial charge in [-0.25, -0.2) is 26.1 Å². The summed E-state index contributed by atoms with van der Waals surface area (Å²) >= 11 is 0. The molecule has 39 heavy (non-hydrogen) atoms. The van der Waals surface area contributed by atoms with Gasteiger partial charge in [-0.15, -0.1) is 0 Å². The maximum absolute atomic E-state index is 14.5. The Morgan fingerprint density at radius 3 is 2.44 bits per heavy atom. The number of benzene rings is 3. The minimum atomic E-state index is -4.77. The number of alkyl halides is 3. The number of nitrogens with zero attached hydrogens (tertiary/aromatic N) is 1. The van der Waals surface area contributed by atoms with Crippen LogP contribution in [0.4, 0.5) is 27.6 Å². The van der Waals surface area contributed by atoms with Crippen molar-refractivity contribution in [2.75, 3.05) is 17.1 Å². The number of halogens is 5. The van der Waals surface area contributed by atoms with Crippen molar-refractivity contribution in [2.24, 2.45) is 0 Å². The van der Waals surface area contributed by atoms with Crippen LogP contribution in [0.1, 0.15) is 25.8 Å². The van der Waals surface area contributed by atoms with Crippen molar-refractivity contribution in [3.63, 3.8) is 0 Å². The summed E-state index contributed by atoms with van der Waals surface area (Å²) in [6, 6.07) is 10.3. The molecule has 6 nitrogen and oxygen atoms in total. The molecule has 210 valence electrons. The third kappa shape index (κ3) is 6.42. The molecule has 1 aliphatic rings. The molecule has 2 unspecified atom stereocenters. The normalized spacial score (nSPS) is 16.9. The fourth-order valence-corrected chi connectivity index (χ4v) is 6.90. The topological polar surface area (TPSA) is 75.7 Å². The SMILES string of the molecule is CS(=O)NC(C)(C)CC1CN(S(=O)(=O)c2cccc(C(F)(F)F)c2)c2cc(-c3cc(F)ccc3F)ccc2O1. The molecule has 3 aromatic carbocycles. The first-order chi connectivity index (χ1) is 18.1. The molecule has 0 amide bonds. The Bertz CT molecular complexity index is 1530. The maximum Gasteiger partial charge on any atom is 0.416 e. The van der Waals surface area contributed by atoms with E-state index in [1.807, 2.05) is 0 Å². The summed E-state index contributed by atoms with van der Waals surface area (Å²) in [7, 11) is -5.97. The van der Waals surface area contributed by atoms with Crippen LogP contribution in [-0.2, 0) is 27.2 Å². The summed E-state index contributed by atoms with van der Waals surface area (Å²) in [5, 5.41) is 0. The largest absolute Gasteiger partial charge is 0.486 e. The molecule has 1 N–H and O–H groups in total. The quantitative estimate of drug-likeness (QED) is 0.362. The highest BCUT2D eigenvalue weighted by atomic mass is 32.2. The highest BCUT2D eigenvalue weighted by molar-refractivity contribution is 7.92. The standard InChI is InChI=1S/C26H25F5N2O4S2/c1-25(2,32-38(3)34)14-19-15-33(39(35,36)20-6-4-5-17(12-20)26(29,30)31)23-11-16(7-10-24(23)37-19)21-13-18(27)8-9-22(21)28/h4-13,19,32H,14-15H2,1-3H3. The molecule has 3 aromatic rings. The van der Waals surface area contributed by atoms with Crippen molar-refractivity contribution in [2.45, 2.75) is 43.0 Å². The molecule has 0 aliphatic carbocycles. The van der Waals surface area contributed by atoms with Gasteiger partial charge < -0.3 is 4.74 Å². The van der Waals surface area contributed by atoms with E-state index in [2.05, 4.69) is 4.72 Å². The van der Waals surface area contributed by atoms with Crippen molar-refractivity contribution < 1.29 is 39.3 Å². The highest BCUT2D eigenvalue weighted by Gasteiger charge is 2.39. The number of hydrogen-bond donors (Lipinski definition) is 1. The molecular formula is C26H25F5N2O4S2. The fourth-order valence-electron chi connectivity index (χ4n) is 4.49. The van der Waals surface area contributed by atoms with Gasteiger partial charge in [0.15, 0.2) is 0 Å². The summed E-state index contributed by atoms with van der Waals surface area (Å²) in [5.41, 5.74) is -1.94. The van der Waals surface area contributed by atoms with Crippen LogP contribution in [0.5, 0.6) is 5.75 Å². The van der Waals surface area contributed by atoms with Crippen molar-refractivity contribution in [3.8, 4) is 16.9 Å². The van der Waals surface area contributed by atoms with Crippen molar-refractivity contribution >= 4 is 26.7 Å². The number of anilines is 1. The van der Waals surface area contributed by atoms with Crippen molar-refractivity contribution in [1.29, 1.82) is 0 Å². The van der Waals surface area contributed by atoms with Crippen LogP contribution >= 0.6 is 0 Å². The van der Waals surface area contributed by atoms with Gasteiger partial charge in [0, 0.05) is 23.8 Å². The van der Waals surface area contributed by atoms with Gasteiger partial charge in [-0.05, 0) is 67.9 Å². The molecule has 0 saturated heterocycles. The maximum atomic E-state index is 14.5.